The number of carbonyl (C=O) groups excluding carboxylic acids is 1. The number of carbonyl (C=O) groups is 1. The van der Waals surface area contributed by atoms with E-state index in [0.717, 1.165) is 32.5 Å². The maximum Gasteiger partial charge on any atom is 0.283 e. The van der Waals surface area contributed by atoms with Gasteiger partial charge in [-0.1, -0.05) is 36.7 Å². The van der Waals surface area contributed by atoms with Gasteiger partial charge in [-0.2, -0.15) is 10.2 Å². The lowest BCUT2D eigenvalue weighted by Gasteiger charge is -2.31. The molecule has 1 aromatic carbocycles. The lowest BCUT2D eigenvalue weighted by Crippen LogP contribution is -2.34. The number of benzene rings is 1. The summed E-state index contributed by atoms with van der Waals surface area (Å²) in [7, 11) is 3.01. The van der Waals surface area contributed by atoms with E-state index < -0.39 is 11.7 Å². The van der Waals surface area contributed by atoms with Gasteiger partial charge in [-0.15, -0.1) is 0 Å². The number of methoxy groups -OCH3 is 2. The molecule has 1 aliphatic heterocycles. The summed E-state index contributed by atoms with van der Waals surface area (Å²) in [5.41, 5.74) is 2.52. The monoisotopic (exact) mass is 653 g/mol. The third-order valence-corrected chi connectivity index (χ3v) is 8.67. The summed E-state index contributed by atoms with van der Waals surface area (Å²) in [6.07, 6.45) is 6.57. The molecule has 0 aliphatic carbocycles. The number of amides is 1. The molecule has 1 fully saturated rings. The molecule has 15 heteroatoms. The summed E-state index contributed by atoms with van der Waals surface area (Å²) in [6.45, 7) is 8.11. The molecule has 0 spiro atoms. The van der Waals surface area contributed by atoms with E-state index in [-0.39, 0.29) is 6.04 Å². The van der Waals surface area contributed by atoms with Crippen molar-refractivity contribution in [3.63, 3.8) is 0 Å². The summed E-state index contributed by atoms with van der Waals surface area (Å²) in [6, 6.07) is 5.37. The molecule has 0 radical (unpaired) electrons. The van der Waals surface area contributed by atoms with Crippen LogP contribution in [0, 0.1) is 0 Å². The van der Waals surface area contributed by atoms with Crippen molar-refractivity contribution in [3.8, 4) is 22.6 Å². The highest BCUT2D eigenvalue weighted by Gasteiger charge is 2.25. The van der Waals surface area contributed by atoms with Crippen molar-refractivity contribution in [2.45, 2.75) is 25.8 Å². The van der Waals surface area contributed by atoms with Crippen molar-refractivity contribution in [1.82, 2.24) is 34.3 Å². The van der Waals surface area contributed by atoms with E-state index in [9.17, 15) is 9.18 Å². The van der Waals surface area contributed by atoms with Crippen LogP contribution < -0.4 is 20.1 Å². The van der Waals surface area contributed by atoms with Crippen molar-refractivity contribution < 1.29 is 18.7 Å². The second kappa shape index (κ2) is 12.5. The molecular formula is C30H30Cl2FN9O3. The first-order valence-corrected chi connectivity index (χ1v) is 14.9. The standard InChI is InChI=1S/C30H30Cl2FN9O3/c1-5-40-8-6-18(7-9-40)41-14-20(37-30(43)16(2)33)28(39-41)38-24-11-21-17(13-34-24)10-19(29-35-15-36-42(21)29)25-26(31)22(44-3)12-23(45-4)27(25)32/h10-15,18H,2,5-9H2,1,3-4H3,(H,37,43)(H,34,38,39). The molecule has 0 bridgehead atoms. The Morgan fingerprint density at radius 3 is 2.47 bits per heavy atom. The average Bonchev–Trinajstić information content (AvgIpc) is 3.69. The first kappa shape index (κ1) is 30.6. The van der Waals surface area contributed by atoms with Gasteiger partial charge in [0.15, 0.2) is 17.3 Å². The van der Waals surface area contributed by atoms with Gasteiger partial charge < -0.3 is 25.0 Å². The van der Waals surface area contributed by atoms with Crippen molar-refractivity contribution in [2.75, 3.05) is 44.5 Å². The van der Waals surface area contributed by atoms with Crippen LogP contribution in [0.2, 0.25) is 10.0 Å². The molecule has 6 rings (SSSR count). The zero-order chi connectivity index (χ0) is 31.8. The summed E-state index contributed by atoms with van der Waals surface area (Å²) in [5, 5.41) is 16.2. The fourth-order valence-corrected chi connectivity index (χ4v) is 6.22. The Labute approximate surface area is 267 Å². The molecule has 1 amide bonds. The lowest BCUT2D eigenvalue weighted by molar-refractivity contribution is -0.114. The van der Waals surface area contributed by atoms with E-state index in [1.54, 1.807) is 29.0 Å². The number of hydrogen-bond acceptors (Lipinski definition) is 9. The minimum atomic E-state index is -1.10. The predicted molar refractivity (Wildman–Crippen MR) is 172 cm³/mol. The number of nitrogens with zero attached hydrogens (tertiary/aromatic N) is 7. The van der Waals surface area contributed by atoms with Crippen LogP contribution in [0.4, 0.5) is 21.7 Å². The van der Waals surface area contributed by atoms with Gasteiger partial charge >= 0.3 is 0 Å². The van der Waals surface area contributed by atoms with Gasteiger partial charge in [-0.25, -0.2) is 18.9 Å². The molecule has 1 saturated heterocycles. The number of halogens is 3. The first-order chi connectivity index (χ1) is 21.7. The summed E-state index contributed by atoms with van der Waals surface area (Å²) in [5.74, 6) is -0.564. The van der Waals surface area contributed by atoms with Crippen LogP contribution in [0.1, 0.15) is 25.8 Å². The first-order valence-electron chi connectivity index (χ1n) is 14.2. The molecule has 45 heavy (non-hydrogen) atoms. The van der Waals surface area contributed by atoms with Gasteiger partial charge in [0.25, 0.3) is 5.91 Å². The SMILES string of the molecule is C=C(F)C(=O)Nc1cn(C2CCN(CC)CC2)nc1Nc1cc2c(cn1)cc(-c1c(Cl)c(OC)cc(OC)c1Cl)c1ncnn12. The normalized spacial score (nSPS) is 14.2. The number of nitrogens with one attached hydrogen (secondary N) is 2. The number of pyridine rings is 2. The van der Waals surface area contributed by atoms with E-state index in [1.807, 2.05) is 10.7 Å². The van der Waals surface area contributed by atoms with E-state index in [1.165, 1.54) is 20.5 Å². The molecule has 0 atom stereocenters. The molecule has 12 nitrogen and oxygen atoms in total. The zero-order valence-corrected chi connectivity index (χ0v) is 26.3. The Morgan fingerprint density at radius 2 is 1.82 bits per heavy atom. The van der Waals surface area contributed by atoms with Crippen LogP contribution in [0.3, 0.4) is 0 Å². The quantitative estimate of drug-likeness (QED) is 0.177. The molecule has 1 aliphatic rings. The van der Waals surface area contributed by atoms with Crippen LogP contribution in [0.15, 0.2) is 49.3 Å². The summed E-state index contributed by atoms with van der Waals surface area (Å²) in [4.78, 5) is 23.7. The van der Waals surface area contributed by atoms with Gasteiger partial charge in [-0.3, -0.25) is 9.48 Å². The molecule has 0 saturated carbocycles. The number of fused-ring (bicyclic) bond motifs is 3. The van der Waals surface area contributed by atoms with Crippen LogP contribution in [-0.4, -0.2) is 74.0 Å². The van der Waals surface area contributed by atoms with Crippen LogP contribution in [0.5, 0.6) is 11.5 Å². The van der Waals surface area contributed by atoms with E-state index >= 15 is 0 Å². The maximum atomic E-state index is 13.6. The van der Waals surface area contributed by atoms with Crippen molar-refractivity contribution in [1.29, 1.82) is 0 Å². The predicted octanol–water partition coefficient (Wildman–Crippen LogP) is 6.29. The Balaban J connectivity index is 1.40. The fraction of sp³-hybridized carbons (Fsp3) is 0.300. The Bertz CT molecular complexity index is 1910. The van der Waals surface area contributed by atoms with Gasteiger partial charge in [0.05, 0.1) is 42.0 Å². The third kappa shape index (κ3) is 5.74. The smallest absolute Gasteiger partial charge is 0.283 e. The Hall–Kier alpha value is -4.46. The highest BCUT2D eigenvalue weighted by atomic mass is 35.5. The average molecular weight is 655 g/mol. The molecule has 4 aromatic heterocycles. The molecule has 5 aromatic rings. The van der Waals surface area contributed by atoms with Gasteiger partial charge in [0.2, 0.25) is 0 Å². The minimum absolute atomic E-state index is 0.124. The largest absolute Gasteiger partial charge is 0.495 e. The number of likely N-dealkylation sites (tertiary alicyclic amines) is 1. The molecule has 2 N–H and O–H groups in total. The fourth-order valence-electron chi connectivity index (χ4n) is 5.52. The Morgan fingerprint density at radius 1 is 1.11 bits per heavy atom. The number of ether oxygens (including phenoxy) is 2. The van der Waals surface area contributed by atoms with E-state index in [2.05, 4.69) is 44.1 Å². The molecule has 5 heterocycles. The van der Waals surface area contributed by atoms with Crippen LogP contribution >= 0.6 is 23.2 Å². The second-order valence-corrected chi connectivity index (χ2v) is 11.2. The highest BCUT2D eigenvalue weighted by molar-refractivity contribution is 6.41. The molecule has 0 unspecified atom stereocenters. The molecule has 234 valence electrons. The number of piperidine rings is 1. The number of hydrogen-bond donors (Lipinski definition) is 2. The van der Waals surface area contributed by atoms with Crippen LogP contribution in [-0.2, 0) is 4.79 Å². The van der Waals surface area contributed by atoms with Gasteiger partial charge in [-0.05, 0) is 25.5 Å². The third-order valence-electron chi connectivity index (χ3n) is 7.92. The zero-order valence-electron chi connectivity index (χ0n) is 24.8. The topological polar surface area (TPSA) is 124 Å². The molecular weight excluding hydrogens is 624 g/mol. The minimum Gasteiger partial charge on any atom is -0.495 e. The number of aromatic nitrogens is 6. The number of anilines is 3. The van der Waals surface area contributed by atoms with E-state index in [0.29, 0.717) is 66.5 Å². The van der Waals surface area contributed by atoms with Crippen LogP contribution in [0.25, 0.3) is 27.7 Å². The van der Waals surface area contributed by atoms with Crippen molar-refractivity contribution in [3.05, 3.63) is 59.4 Å². The van der Waals surface area contributed by atoms with Gasteiger partial charge in [0.1, 0.15) is 29.3 Å². The van der Waals surface area contributed by atoms with Gasteiger partial charge in [0, 0.05) is 47.9 Å². The second-order valence-electron chi connectivity index (χ2n) is 10.5. The summed E-state index contributed by atoms with van der Waals surface area (Å²) >= 11 is 13.5. The number of rotatable bonds is 9. The Kier molecular flexibility index (Phi) is 8.49. The lowest BCUT2D eigenvalue weighted by atomic mass is 10.0. The van der Waals surface area contributed by atoms with Crippen molar-refractivity contribution in [2.24, 2.45) is 0 Å². The summed E-state index contributed by atoms with van der Waals surface area (Å²) < 4.78 is 28.0. The van der Waals surface area contributed by atoms with Crippen molar-refractivity contribution >= 4 is 63.0 Å². The highest BCUT2D eigenvalue weighted by Crippen LogP contribution is 2.47. The van der Waals surface area contributed by atoms with E-state index in [4.69, 9.17) is 37.8 Å². The maximum absolute atomic E-state index is 13.6.